The van der Waals surface area contributed by atoms with Crippen molar-refractivity contribution in [3.63, 3.8) is 0 Å². The lowest BCUT2D eigenvalue weighted by Crippen LogP contribution is -2.38. The van der Waals surface area contributed by atoms with Crippen LogP contribution in [0.2, 0.25) is 0 Å². The first-order valence-electron chi connectivity index (χ1n) is 8.34. The highest BCUT2D eigenvalue weighted by Gasteiger charge is 2.23. The van der Waals surface area contributed by atoms with E-state index in [1.165, 1.54) is 16.1 Å². The van der Waals surface area contributed by atoms with E-state index in [-0.39, 0.29) is 12.6 Å². The van der Waals surface area contributed by atoms with Crippen LogP contribution in [0.15, 0.2) is 30.3 Å². The summed E-state index contributed by atoms with van der Waals surface area (Å²) >= 11 is 1.70. The van der Waals surface area contributed by atoms with E-state index in [1.54, 1.807) is 18.3 Å². The standard InChI is InChI=1S/C18H23N3O2S/c1-12(22)10-19-18(23)20-11-17-21-15-8-7-14(9-16(15)24-17)13-5-3-2-4-6-13/h2-6,12,14,22H,7-11H2,1H3,(H2,19,20,23)/t12-,14-/m1/s1. The Bertz CT molecular complexity index is 685. The Morgan fingerprint density at radius 3 is 2.92 bits per heavy atom. The minimum Gasteiger partial charge on any atom is -0.392 e. The van der Waals surface area contributed by atoms with Crippen LogP contribution < -0.4 is 10.6 Å². The van der Waals surface area contributed by atoms with Crippen LogP contribution in [-0.4, -0.2) is 28.8 Å². The number of aliphatic hydroxyl groups excluding tert-OH is 1. The third kappa shape index (κ3) is 4.33. The van der Waals surface area contributed by atoms with Crippen molar-refractivity contribution in [2.24, 2.45) is 0 Å². The van der Waals surface area contributed by atoms with Gasteiger partial charge in [0.15, 0.2) is 0 Å². The Hall–Kier alpha value is -1.92. The summed E-state index contributed by atoms with van der Waals surface area (Å²) in [7, 11) is 0. The Morgan fingerprint density at radius 2 is 2.17 bits per heavy atom. The molecule has 0 aliphatic heterocycles. The zero-order valence-electron chi connectivity index (χ0n) is 13.8. The summed E-state index contributed by atoms with van der Waals surface area (Å²) in [5.74, 6) is 0.564. The van der Waals surface area contributed by atoms with Crippen molar-refractivity contribution < 1.29 is 9.90 Å². The lowest BCUT2D eigenvalue weighted by Gasteiger charge is -2.21. The van der Waals surface area contributed by atoms with Crippen LogP contribution >= 0.6 is 11.3 Å². The van der Waals surface area contributed by atoms with Crippen molar-refractivity contribution in [2.75, 3.05) is 6.54 Å². The molecule has 24 heavy (non-hydrogen) atoms. The van der Waals surface area contributed by atoms with Gasteiger partial charge >= 0.3 is 6.03 Å². The summed E-state index contributed by atoms with van der Waals surface area (Å²) in [5.41, 5.74) is 2.59. The fraction of sp³-hybridized carbons (Fsp3) is 0.444. The quantitative estimate of drug-likeness (QED) is 0.780. The van der Waals surface area contributed by atoms with Gasteiger partial charge in [-0.05, 0) is 37.7 Å². The van der Waals surface area contributed by atoms with Crippen molar-refractivity contribution in [3.8, 4) is 0 Å². The number of carbonyl (C=O) groups excluding carboxylic acids is 1. The molecule has 1 aromatic heterocycles. The minimum atomic E-state index is -0.544. The van der Waals surface area contributed by atoms with Gasteiger partial charge < -0.3 is 15.7 Å². The van der Waals surface area contributed by atoms with Gasteiger partial charge in [0.05, 0.1) is 18.3 Å². The molecule has 2 atom stereocenters. The van der Waals surface area contributed by atoms with Gasteiger partial charge in [-0.25, -0.2) is 9.78 Å². The molecular formula is C18H23N3O2S. The van der Waals surface area contributed by atoms with Crippen molar-refractivity contribution in [1.29, 1.82) is 0 Å². The fourth-order valence-electron chi connectivity index (χ4n) is 2.97. The number of nitrogens with one attached hydrogen (secondary N) is 2. The molecule has 128 valence electrons. The molecule has 1 heterocycles. The van der Waals surface area contributed by atoms with Gasteiger partial charge in [-0.3, -0.25) is 0 Å². The van der Waals surface area contributed by atoms with Crippen LogP contribution in [0.3, 0.4) is 0 Å². The summed E-state index contributed by atoms with van der Waals surface area (Å²) in [5, 5.41) is 15.5. The lowest BCUT2D eigenvalue weighted by atomic mass is 9.85. The van der Waals surface area contributed by atoms with Crippen molar-refractivity contribution in [2.45, 2.75) is 44.8 Å². The molecule has 1 aromatic carbocycles. The van der Waals surface area contributed by atoms with E-state index in [0.717, 1.165) is 24.3 Å². The van der Waals surface area contributed by atoms with E-state index >= 15 is 0 Å². The number of hydrogen-bond donors (Lipinski definition) is 3. The molecule has 2 amide bonds. The molecule has 0 radical (unpaired) electrons. The van der Waals surface area contributed by atoms with Crippen molar-refractivity contribution in [1.82, 2.24) is 15.6 Å². The zero-order chi connectivity index (χ0) is 16.9. The molecule has 3 N–H and O–H groups in total. The van der Waals surface area contributed by atoms with Gasteiger partial charge in [0.1, 0.15) is 5.01 Å². The number of rotatable bonds is 5. The van der Waals surface area contributed by atoms with E-state index < -0.39 is 6.10 Å². The van der Waals surface area contributed by atoms with E-state index in [0.29, 0.717) is 12.5 Å². The summed E-state index contributed by atoms with van der Waals surface area (Å²) in [6.07, 6.45) is 2.62. The first kappa shape index (κ1) is 16.9. The third-order valence-electron chi connectivity index (χ3n) is 4.21. The normalized spacial score (nSPS) is 17.8. The molecular weight excluding hydrogens is 322 g/mol. The van der Waals surface area contributed by atoms with E-state index in [2.05, 4.69) is 45.9 Å². The van der Waals surface area contributed by atoms with Gasteiger partial charge in [0, 0.05) is 11.4 Å². The predicted molar refractivity (Wildman–Crippen MR) is 95.2 cm³/mol. The number of aryl methyl sites for hydroxylation is 1. The van der Waals surface area contributed by atoms with Crippen molar-refractivity contribution in [3.05, 3.63) is 51.5 Å². The fourth-order valence-corrected chi connectivity index (χ4v) is 4.11. The molecule has 3 rings (SSSR count). The number of urea groups is 1. The second kappa shape index (κ2) is 7.77. The SMILES string of the molecule is C[C@@H](O)CNC(=O)NCc1nc2c(s1)C[C@H](c1ccccc1)CC2. The Labute approximate surface area is 146 Å². The molecule has 2 aromatic rings. The Kier molecular flexibility index (Phi) is 5.48. The smallest absolute Gasteiger partial charge is 0.315 e. The largest absolute Gasteiger partial charge is 0.392 e. The summed E-state index contributed by atoms with van der Waals surface area (Å²) in [4.78, 5) is 17.7. The zero-order valence-corrected chi connectivity index (χ0v) is 14.6. The molecule has 1 aliphatic carbocycles. The molecule has 0 saturated heterocycles. The maximum absolute atomic E-state index is 11.6. The molecule has 0 bridgehead atoms. The number of aromatic nitrogens is 1. The van der Waals surface area contributed by atoms with E-state index in [9.17, 15) is 4.79 Å². The topological polar surface area (TPSA) is 74.2 Å². The highest BCUT2D eigenvalue weighted by atomic mass is 32.1. The first-order chi connectivity index (χ1) is 11.6. The van der Waals surface area contributed by atoms with Crippen molar-refractivity contribution >= 4 is 17.4 Å². The van der Waals surface area contributed by atoms with Crippen LogP contribution in [0.25, 0.3) is 0 Å². The van der Waals surface area contributed by atoms with Gasteiger partial charge in [-0.2, -0.15) is 0 Å². The minimum absolute atomic E-state index is 0.249. The maximum Gasteiger partial charge on any atom is 0.315 e. The molecule has 0 fully saturated rings. The number of carbonyl (C=O) groups is 1. The number of fused-ring (bicyclic) bond motifs is 1. The van der Waals surface area contributed by atoms with Crippen LogP contribution in [0, 0.1) is 0 Å². The van der Waals surface area contributed by atoms with E-state index in [4.69, 9.17) is 5.11 Å². The first-order valence-corrected chi connectivity index (χ1v) is 9.15. The summed E-state index contributed by atoms with van der Waals surface area (Å²) in [6.45, 7) is 2.32. The number of benzene rings is 1. The number of nitrogens with zero attached hydrogens (tertiary/aromatic N) is 1. The number of amides is 2. The van der Waals surface area contributed by atoms with Crippen LogP contribution in [0.5, 0.6) is 0 Å². The van der Waals surface area contributed by atoms with Crippen LogP contribution in [0.1, 0.15) is 40.4 Å². The predicted octanol–water partition coefficient (Wildman–Crippen LogP) is 2.60. The summed E-state index contributed by atoms with van der Waals surface area (Å²) < 4.78 is 0. The van der Waals surface area contributed by atoms with Gasteiger partial charge in [0.2, 0.25) is 0 Å². The highest BCUT2D eigenvalue weighted by molar-refractivity contribution is 7.11. The second-order valence-electron chi connectivity index (χ2n) is 6.24. The molecule has 0 saturated carbocycles. The maximum atomic E-state index is 11.6. The number of aliphatic hydroxyl groups is 1. The Morgan fingerprint density at radius 1 is 1.38 bits per heavy atom. The molecule has 0 unspecified atom stereocenters. The molecule has 5 nitrogen and oxygen atoms in total. The second-order valence-corrected chi connectivity index (χ2v) is 7.41. The van der Waals surface area contributed by atoms with E-state index in [1.807, 2.05) is 0 Å². The molecule has 0 spiro atoms. The average molecular weight is 345 g/mol. The van der Waals surface area contributed by atoms with Crippen LogP contribution in [0.4, 0.5) is 4.79 Å². The highest BCUT2D eigenvalue weighted by Crippen LogP contribution is 2.35. The average Bonchev–Trinajstić information content (AvgIpc) is 3.01. The molecule has 6 heteroatoms. The number of thiazole rings is 1. The third-order valence-corrected chi connectivity index (χ3v) is 5.33. The monoisotopic (exact) mass is 345 g/mol. The number of hydrogen-bond acceptors (Lipinski definition) is 4. The van der Waals surface area contributed by atoms with Gasteiger partial charge in [-0.15, -0.1) is 11.3 Å². The Balaban J connectivity index is 1.56. The summed E-state index contributed by atoms with van der Waals surface area (Å²) in [6, 6.07) is 10.4. The lowest BCUT2D eigenvalue weighted by molar-refractivity contribution is 0.187. The van der Waals surface area contributed by atoms with Gasteiger partial charge in [0.25, 0.3) is 0 Å². The van der Waals surface area contributed by atoms with Crippen LogP contribution in [-0.2, 0) is 19.4 Å². The molecule has 1 aliphatic rings. The van der Waals surface area contributed by atoms with Gasteiger partial charge in [-0.1, -0.05) is 30.3 Å².